The van der Waals surface area contributed by atoms with E-state index in [1.807, 2.05) is 0 Å². The lowest BCUT2D eigenvalue weighted by atomic mass is 10.2. The third kappa shape index (κ3) is 13.3. The second-order valence-electron chi connectivity index (χ2n) is 8.85. The number of nitrogen functional groups attached to an aromatic ring is 2. The van der Waals surface area contributed by atoms with Crippen molar-refractivity contribution < 1.29 is 38.6 Å². The lowest BCUT2D eigenvalue weighted by molar-refractivity contribution is -0.384. The molecule has 5 N–H and O–H groups in total. The molecule has 0 aromatic heterocycles. The van der Waals surface area contributed by atoms with Crippen LogP contribution in [0, 0.1) is 20.2 Å². The summed E-state index contributed by atoms with van der Waals surface area (Å²) in [5.41, 5.74) is 10.5. The van der Waals surface area contributed by atoms with Gasteiger partial charge in [-0.15, -0.1) is 0 Å². The number of anilines is 2. The topological polar surface area (TPSA) is 205 Å². The second kappa shape index (κ2) is 19.0. The van der Waals surface area contributed by atoms with E-state index in [4.69, 9.17) is 40.3 Å². The fourth-order valence-corrected chi connectivity index (χ4v) is 3.85. The molecule has 2 aliphatic heterocycles. The number of nitrogens with zero attached hydrogens (tertiary/aromatic N) is 2. The van der Waals surface area contributed by atoms with Crippen molar-refractivity contribution in [1.82, 2.24) is 0 Å². The van der Waals surface area contributed by atoms with Crippen molar-refractivity contribution in [1.29, 1.82) is 0 Å². The first-order valence-corrected chi connectivity index (χ1v) is 14.3. The van der Waals surface area contributed by atoms with Crippen LogP contribution in [-0.2, 0) is 18.9 Å². The Morgan fingerprint density at radius 2 is 1.37 bits per heavy atom. The maximum atomic E-state index is 10.7. The van der Waals surface area contributed by atoms with Crippen LogP contribution in [0.5, 0.6) is 11.5 Å². The summed E-state index contributed by atoms with van der Waals surface area (Å²) in [4.78, 5) is 19.8. The van der Waals surface area contributed by atoms with Gasteiger partial charge in [-0.25, -0.2) is 0 Å². The lowest BCUT2D eigenvalue weighted by Gasteiger charge is -2.22. The minimum atomic E-state index is -0.644. The number of alkyl halides is 1. The molecule has 0 bridgehead atoms. The van der Waals surface area contributed by atoms with Gasteiger partial charge >= 0.3 is 0 Å². The SMILES string of the molecule is BrCCOC1CCCCO1.Nc1ccc(O)cc1[N+](=O)[O-].Nc1ccc(OCCOC2CCCCO2)cc1[N+](=O)[O-]. The molecule has 0 amide bonds. The molecule has 2 aromatic rings. The third-order valence-corrected chi connectivity index (χ3v) is 6.05. The van der Waals surface area contributed by atoms with Crippen molar-refractivity contribution in [3.8, 4) is 11.5 Å². The van der Waals surface area contributed by atoms with Crippen LogP contribution in [0.1, 0.15) is 38.5 Å². The predicted octanol–water partition coefficient (Wildman–Crippen LogP) is 4.91. The second-order valence-corrected chi connectivity index (χ2v) is 9.64. The van der Waals surface area contributed by atoms with Gasteiger partial charge in [0.1, 0.15) is 29.5 Å². The fourth-order valence-electron chi connectivity index (χ4n) is 3.66. The molecular weight excluding hydrogens is 608 g/mol. The number of aromatic hydroxyl groups is 1. The van der Waals surface area contributed by atoms with E-state index in [9.17, 15) is 20.2 Å². The molecule has 4 rings (SSSR count). The number of halogens is 1. The highest BCUT2D eigenvalue weighted by Crippen LogP contribution is 2.27. The smallest absolute Gasteiger partial charge is 0.295 e. The molecule has 0 spiro atoms. The highest BCUT2D eigenvalue weighted by Gasteiger charge is 2.15. The van der Waals surface area contributed by atoms with E-state index in [1.165, 1.54) is 37.1 Å². The van der Waals surface area contributed by atoms with Crippen molar-refractivity contribution in [2.45, 2.75) is 51.1 Å². The first kappa shape index (κ1) is 34.0. The highest BCUT2D eigenvalue weighted by atomic mass is 79.9. The Morgan fingerprint density at radius 1 is 0.829 bits per heavy atom. The van der Waals surface area contributed by atoms with Gasteiger partial charge in [-0.1, -0.05) is 15.9 Å². The van der Waals surface area contributed by atoms with Gasteiger partial charge in [0.2, 0.25) is 0 Å². The van der Waals surface area contributed by atoms with Crippen LogP contribution in [-0.4, -0.2) is 65.9 Å². The van der Waals surface area contributed by atoms with Gasteiger partial charge in [0, 0.05) is 18.5 Å². The molecule has 0 radical (unpaired) electrons. The first-order valence-electron chi connectivity index (χ1n) is 13.1. The summed E-state index contributed by atoms with van der Waals surface area (Å²) in [5.74, 6) is 0.241. The van der Waals surface area contributed by atoms with Gasteiger partial charge in [-0.05, 0) is 62.8 Å². The summed E-state index contributed by atoms with van der Waals surface area (Å²) in [5, 5.41) is 30.6. The summed E-state index contributed by atoms with van der Waals surface area (Å²) in [6, 6.07) is 7.95. The molecule has 14 nitrogen and oxygen atoms in total. The van der Waals surface area contributed by atoms with Crippen molar-refractivity contribution in [3.63, 3.8) is 0 Å². The van der Waals surface area contributed by atoms with Crippen LogP contribution in [0.2, 0.25) is 0 Å². The quantitative estimate of drug-likeness (QED) is 0.0788. The normalized spacial score (nSPS) is 18.2. The van der Waals surface area contributed by atoms with E-state index in [-0.39, 0.29) is 41.1 Å². The molecule has 15 heteroatoms. The average molecular weight is 646 g/mol. The van der Waals surface area contributed by atoms with E-state index in [0.29, 0.717) is 19.0 Å². The summed E-state index contributed by atoms with van der Waals surface area (Å²) in [6.45, 7) is 3.04. The van der Waals surface area contributed by atoms with Crippen LogP contribution in [0.25, 0.3) is 0 Å². The molecule has 2 aromatic carbocycles. The first-order chi connectivity index (χ1) is 19.7. The maximum absolute atomic E-state index is 10.7. The molecule has 2 fully saturated rings. The molecular formula is C26H37BrN4O10. The standard InChI is InChI=1S/C13H18N2O5.C7H13BrO2.C6H6N2O3/c14-11-5-4-10(9-12(11)15(16)17)18-7-8-20-13-3-1-2-6-19-13;8-4-6-10-7-3-1-2-5-9-7;7-5-2-1-4(9)3-6(5)8(10)11/h4-5,9,13H,1-3,6-8,14H2;7H,1-6H2;1-3,9H,7H2. The zero-order valence-corrected chi connectivity index (χ0v) is 24.2. The molecule has 41 heavy (non-hydrogen) atoms. The Morgan fingerprint density at radius 3 is 1.85 bits per heavy atom. The minimum Gasteiger partial charge on any atom is -0.508 e. The lowest BCUT2D eigenvalue weighted by Crippen LogP contribution is -2.24. The zero-order valence-electron chi connectivity index (χ0n) is 22.7. The number of ether oxygens (including phenoxy) is 5. The third-order valence-electron chi connectivity index (χ3n) is 5.72. The van der Waals surface area contributed by atoms with Crippen molar-refractivity contribution in [2.75, 3.05) is 49.8 Å². The summed E-state index contributed by atoms with van der Waals surface area (Å²) < 4.78 is 27.0. The Balaban J connectivity index is 0.000000236. The Bertz CT molecular complexity index is 1080. The van der Waals surface area contributed by atoms with Crippen molar-refractivity contribution in [2.24, 2.45) is 0 Å². The van der Waals surface area contributed by atoms with Crippen LogP contribution in [0.3, 0.4) is 0 Å². The van der Waals surface area contributed by atoms with Gasteiger partial charge in [0.05, 0.1) is 35.2 Å². The summed E-state index contributed by atoms with van der Waals surface area (Å²) in [6.07, 6.45) is 6.49. The average Bonchev–Trinajstić information content (AvgIpc) is 2.98. The number of phenols is 1. The van der Waals surface area contributed by atoms with E-state index < -0.39 is 9.85 Å². The number of nitro benzene ring substituents is 2. The number of nitro groups is 2. The van der Waals surface area contributed by atoms with E-state index in [0.717, 1.165) is 56.9 Å². The van der Waals surface area contributed by atoms with E-state index in [2.05, 4.69) is 15.9 Å². The molecule has 0 aliphatic carbocycles. The zero-order chi connectivity index (χ0) is 30.0. The van der Waals surface area contributed by atoms with Gasteiger partial charge in [0.25, 0.3) is 11.4 Å². The van der Waals surface area contributed by atoms with Gasteiger partial charge in [-0.3, -0.25) is 20.2 Å². The van der Waals surface area contributed by atoms with Crippen molar-refractivity contribution >= 4 is 38.7 Å². The Hall–Kier alpha value is -3.24. The van der Waals surface area contributed by atoms with E-state index in [1.54, 1.807) is 6.07 Å². The van der Waals surface area contributed by atoms with Gasteiger partial charge < -0.3 is 40.3 Å². The van der Waals surface area contributed by atoms with Gasteiger partial charge in [0.15, 0.2) is 12.6 Å². The number of benzene rings is 2. The Labute approximate surface area is 246 Å². The van der Waals surface area contributed by atoms with Crippen LogP contribution in [0.15, 0.2) is 36.4 Å². The molecule has 2 unspecified atom stereocenters. The fraction of sp³-hybridized carbons (Fsp3) is 0.538. The van der Waals surface area contributed by atoms with Crippen molar-refractivity contribution in [3.05, 3.63) is 56.6 Å². The predicted molar refractivity (Wildman–Crippen MR) is 155 cm³/mol. The molecule has 2 atom stereocenters. The molecule has 228 valence electrons. The summed E-state index contributed by atoms with van der Waals surface area (Å²) in [7, 11) is 0. The number of rotatable bonds is 10. The van der Waals surface area contributed by atoms with Crippen LogP contribution in [0.4, 0.5) is 22.7 Å². The molecule has 2 heterocycles. The number of nitrogens with two attached hydrogens (primary N) is 2. The number of phenolic OH excluding ortho intramolecular Hbond substituents is 1. The van der Waals surface area contributed by atoms with E-state index >= 15 is 0 Å². The largest absolute Gasteiger partial charge is 0.508 e. The Kier molecular flexibility index (Phi) is 15.7. The minimum absolute atomic E-state index is 0.0489. The van der Waals surface area contributed by atoms with Gasteiger partial charge in [-0.2, -0.15) is 0 Å². The maximum Gasteiger partial charge on any atom is 0.295 e. The summed E-state index contributed by atoms with van der Waals surface area (Å²) >= 11 is 3.30. The van der Waals surface area contributed by atoms with Crippen LogP contribution < -0.4 is 16.2 Å². The number of hydrogen-bond donors (Lipinski definition) is 3. The number of hydrogen-bond acceptors (Lipinski definition) is 12. The molecule has 0 saturated carbocycles. The molecule has 2 saturated heterocycles. The molecule has 2 aliphatic rings. The highest BCUT2D eigenvalue weighted by molar-refractivity contribution is 9.09. The monoisotopic (exact) mass is 644 g/mol. The van der Waals surface area contributed by atoms with Crippen LogP contribution >= 0.6 is 15.9 Å².